The van der Waals surface area contributed by atoms with Gasteiger partial charge in [-0.25, -0.2) is 4.79 Å². The molecule has 1 N–H and O–H groups in total. The first-order valence-electron chi connectivity index (χ1n) is 8.59. The molecule has 0 unspecified atom stereocenters. The van der Waals surface area contributed by atoms with Gasteiger partial charge >= 0.3 is 6.09 Å². The van der Waals surface area contributed by atoms with Crippen LogP contribution in [0, 0.1) is 10.8 Å². The molecule has 1 aliphatic rings. The predicted octanol–water partition coefficient (Wildman–Crippen LogP) is 4.05. The average Bonchev–Trinajstić information content (AvgIpc) is 2.32. The molecular weight excluding hydrogens is 276 g/mol. The number of carbonyl (C=O) groups is 1. The number of rotatable bonds is 4. The number of ether oxygens (including phenoxy) is 1. The SMILES string of the molecule is CC(C)(C)CCNCC1(C)CCN(C(=O)OC(C)(C)C)CC1. The number of carbonyl (C=O) groups excluding carboxylic acids is 1. The Balaban J connectivity index is 2.32. The van der Waals surface area contributed by atoms with Crippen molar-refractivity contribution in [1.29, 1.82) is 0 Å². The van der Waals surface area contributed by atoms with Gasteiger partial charge in [0.2, 0.25) is 0 Å². The summed E-state index contributed by atoms with van der Waals surface area (Å²) in [4.78, 5) is 13.9. The second-order valence-electron chi connectivity index (χ2n) is 9.27. The first kappa shape index (κ1) is 19.3. The van der Waals surface area contributed by atoms with Gasteiger partial charge < -0.3 is 15.0 Å². The van der Waals surface area contributed by atoms with Crippen molar-refractivity contribution in [3.05, 3.63) is 0 Å². The fourth-order valence-corrected chi connectivity index (χ4v) is 2.59. The maximum atomic E-state index is 12.1. The van der Waals surface area contributed by atoms with Crippen molar-refractivity contribution in [2.24, 2.45) is 10.8 Å². The zero-order chi connectivity index (χ0) is 17.0. The van der Waals surface area contributed by atoms with E-state index in [2.05, 4.69) is 33.0 Å². The standard InChI is InChI=1S/C18H36N2O2/c1-16(2,3)8-11-19-14-18(7)9-12-20(13-10-18)15(21)22-17(4,5)6/h19H,8-14H2,1-7H3. The van der Waals surface area contributed by atoms with Gasteiger partial charge in [0.15, 0.2) is 0 Å². The van der Waals surface area contributed by atoms with Gasteiger partial charge in [0, 0.05) is 19.6 Å². The maximum Gasteiger partial charge on any atom is 0.410 e. The highest BCUT2D eigenvalue weighted by Gasteiger charge is 2.33. The normalized spacial score (nSPS) is 19.1. The number of amides is 1. The van der Waals surface area contributed by atoms with Gasteiger partial charge in [-0.1, -0.05) is 27.7 Å². The number of hydrogen-bond acceptors (Lipinski definition) is 3. The minimum absolute atomic E-state index is 0.171. The highest BCUT2D eigenvalue weighted by Crippen LogP contribution is 2.31. The molecular formula is C18H36N2O2. The molecule has 0 atom stereocenters. The number of nitrogens with one attached hydrogen (secondary N) is 1. The summed E-state index contributed by atoms with van der Waals surface area (Å²) in [5.41, 5.74) is 0.261. The zero-order valence-electron chi connectivity index (χ0n) is 15.7. The number of piperidine rings is 1. The van der Waals surface area contributed by atoms with Gasteiger partial charge in [0.25, 0.3) is 0 Å². The molecule has 0 bridgehead atoms. The summed E-state index contributed by atoms with van der Waals surface area (Å²) in [7, 11) is 0. The van der Waals surface area contributed by atoms with Gasteiger partial charge in [0.05, 0.1) is 0 Å². The van der Waals surface area contributed by atoms with Gasteiger partial charge in [-0.15, -0.1) is 0 Å². The highest BCUT2D eigenvalue weighted by atomic mass is 16.6. The van der Waals surface area contributed by atoms with E-state index >= 15 is 0 Å². The number of hydrogen-bond donors (Lipinski definition) is 1. The summed E-state index contributed by atoms with van der Waals surface area (Å²) in [6.45, 7) is 18.6. The lowest BCUT2D eigenvalue weighted by Gasteiger charge is -2.40. The van der Waals surface area contributed by atoms with Gasteiger partial charge in [-0.2, -0.15) is 0 Å². The minimum atomic E-state index is -0.410. The second-order valence-corrected chi connectivity index (χ2v) is 9.27. The second kappa shape index (κ2) is 7.20. The van der Waals surface area contributed by atoms with Crippen LogP contribution in [0.1, 0.15) is 67.7 Å². The molecule has 0 aromatic heterocycles. The smallest absolute Gasteiger partial charge is 0.410 e. The van der Waals surface area contributed by atoms with Gasteiger partial charge in [-0.3, -0.25) is 0 Å². The van der Waals surface area contributed by atoms with Crippen molar-refractivity contribution in [2.75, 3.05) is 26.2 Å². The van der Waals surface area contributed by atoms with E-state index in [1.807, 2.05) is 25.7 Å². The Bertz CT molecular complexity index is 358. The van der Waals surface area contributed by atoms with E-state index in [0.29, 0.717) is 5.41 Å². The molecule has 1 fully saturated rings. The fraction of sp³-hybridized carbons (Fsp3) is 0.944. The Morgan fingerprint density at radius 1 is 1.14 bits per heavy atom. The molecule has 0 aromatic rings. The lowest BCUT2D eigenvalue weighted by atomic mass is 9.80. The maximum absolute atomic E-state index is 12.1. The molecule has 22 heavy (non-hydrogen) atoms. The van der Waals surface area contributed by atoms with E-state index in [1.54, 1.807) is 0 Å². The molecule has 4 nitrogen and oxygen atoms in total. The van der Waals surface area contributed by atoms with Crippen LogP contribution < -0.4 is 5.32 Å². The van der Waals surface area contributed by atoms with Crippen LogP contribution in [0.4, 0.5) is 4.79 Å². The molecule has 0 radical (unpaired) electrons. The monoisotopic (exact) mass is 312 g/mol. The Kier molecular flexibility index (Phi) is 6.31. The van der Waals surface area contributed by atoms with Crippen LogP contribution in [0.3, 0.4) is 0 Å². The Morgan fingerprint density at radius 2 is 1.68 bits per heavy atom. The van der Waals surface area contributed by atoms with E-state index in [1.165, 1.54) is 6.42 Å². The summed E-state index contributed by atoms with van der Waals surface area (Å²) in [5, 5.41) is 3.60. The molecule has 1 saturated heterocycles. The van der Waals surface area contributed by atoms with Crippen molar-refractivity contribution in [3.8, 4) is 0 Å². The first-order chi connectivity index (χ1) is 9.90. The van der Waals surface area contributed by atoms with Crippen LogP contribution >= 0.6 is 0 Å². The molecule has 130 valence electrons. The Hall–Kier alpha value is -0.770. The quantitative estimate of drug-likeness (QED) is 0.796. The molecule has 0 aromatic carbocycles. The third-order valence-electron chi connectivity index (χ3n) is 4.23. The lowest BCUT2D eigenvalue weighted by Crippen LogP contribution is -2.47. The topological polar surface area (TPSA) is 41.6 Å². The number of likely N-dealkylation sites (tertiary alicyclic amines) is 1. The fourth-order valence-electron chi connectivity index (χ4n) is 2.59. The van der Waals surface area contributed by atoms with Crippen molar-refractivity contribution in [2.45, 2.75) is 73.3 Å². The third-order valence-corrected chi connectivity index (χ3v) is 4.23. The van der Waals surface area contributed by atoms with Gasteiger partial charge in [-0.05, 0) is 57.4 Å². The van der Waals surface area contributed by atoms with Crippen LogP contribution in [0.2, 0.25) is 0 Å². The summed E-state index contributed by atoms with van der Waals surface area (Å²) in [6.07, 6.45) is 3.09. The van der Waals surface area contributed by atoms with Crippen molar-refractivity contribution in [3.63, 3.8) is 0 Å². The highest BCUT2D eigenvalue weighted by molar-refractivity contribution is 5.68. The molecule has 1 amide bonds. The molecule has 0 aliphatic carbocycles. The first-order valence-corrected chi connectivity index (χ1v) is 8.59. The van der Waals surface area contributed by atoms with Crippen molar-refractivity contribution in [1.82, 2.24) is 10.2 Å². The van der Waals surface area contributed by atoms with Crippen LogP contribution in [0.5, 0.6) is 0 Å². The summed E-state index contributed by atoms with van der Waals surface area (Å²) >= 11 is 0. The van der Waals surface area contributed by atoms with Gasteiger partial charge in [0.1, 0.15) is 5.60 Å². The van der Waals surface area contributed by atoms with E-state index < -0.39 is 5.60 Å². The molecule has 4 heteroatoms. The Labute approximate surface area is 137 Å². The molecule has 0 spiro atoms. The zero-order valence-corrected chi connectivity index (χ0v) is 15.7. The van der Waals surface area contributed by atoms with Crippen LogP contribution in [0.25, 0.3) is 0 Å². The lowest BCUT2D eigenvalue weighted by molar-refractivity contribution is 0.0119. The summed E-state index contributed by atoms with van der Waals surface area (Å²) in [6, 6.07) is 0. The number of nitrogens with zero attached hydrogens (tertiary/aromatic N) is 1. The largest absolute Gasteiger partial charge is 0.444 e. The van der Waals surface area contributed by atoms with Crippen LogP contribution in [-0.4, -0.2) is 42.8 Å². The minimum Gasteiger partial charge on any atom is -0.444 e. The van der Waals surface area contributed by atoms with E-state index in [4.69, 9.17) is 4.74 Å². The van der Waals surface area contributed by atoms with Crippen molar-refractivity contribution < 1.29 is 9.53 Å². The summed E-state index contributed by atoms with van der Waals surface area (Å²) in [5.74, 6) is 0. The molecule has 1 heterocycles. The molecule has 1 rings (SSSR count). The van der Waals surface area contributed by atoms with E-state index in [-0.39, 0.29) is 11.5 Å². The third kappa shape index (κ3) is 7.48. The van der Waals surface area contributed by atoms with Crippen molar-refractivity contribution >= 4 is 6.09 Å². The molecule has 1 aliphatic heterocycles. The predicted molar refractivity (Wildman–Crippen MR) is 92.1 cm³/mol. The van der Waals surface area contributed by atoms with Crippen LogP contribution in [-0.2, 0) is 4.74 Å². The molecule has 0 saturated carbocycles. The van der Waals surface area contributed by atoms with Crippen LogP contribution in [0.15, 0.2) is 0 Å². The average molecular weight is 312 g/mol. The van der Waals surface area contributed by atoms with E-state index in [0.717, 1.165) is 39.0 Å². The Morgan fingerprint density at radius 3 is 2.14 bits per heavy atom. The van der Waals surface area contributed by atoms with E-state index in [9.17, 15) is 4.79 Å². The summed E-state index contributed by atoms with van der Waals surface area (Å²) < 4.78 is 5.45.